The van der Waals surface area contributed by atoms with Gasteiger partial charge in [-0.15, -0.1) is 11.3 Å². The summed E-state index contributed by atoms with van der Waals surface area (Å²) in [6.45, 7) is 2.42. The molecule has 0 aromatic carbocycles. The van der Waals surface area contributed by atoms with E-state index >= 15 is 0 Å². The van der Waals surface area contributed by atoms with Gasteiger partial charge < -0.3 is 9.94 Å². The minimum absolute atomic E-state index is 0.0912. The molecule has 2 aromatic rings. The lowest BCUT2D eigenvalue weighted by Gasteiger charge is -2.01. The van der Waals surface area contributed by atoms with Crippen molar-refractivity contribution in [2.75, 3.05) is 6.61 Å². The fraction of sp³-hybridized carbons (Fsp3) is 0.273. The van der Waals surface area contributed by atoms with Gasteiger partial charge in [0, 0.05) is 4.88 Å². The quantitative estimate of drug-likeness (QED) is 0.384. The molecule has 2 heterocycles. The molecule has 0 aliphatic carbocycles. The summed E-state index contributed by atoms with van der Waals surface area (Å²) >= 11 is 1.33. The van der Waals surface area contributed by atoms with Gasteiger partial charge in [-0.2, -0.15) is 15.0 Å². The maximum absolute atomic E-state index is 11.6. The monoisotopic (exact) mass is 280 g/mol. The van der Waals surface area contributed by atoms with Crippen molar-refractivity contribution in [2.24, 2.45) is 5.16 Å². The zero-order chi connectivity index (χ0) is 13.7. The summed E-state index contributed by atoms with van der Waals surface area (Å²) in [6.07, 6.45) is 3.18. The third-order valence-corrected chi connectivity index (χ3v) is 3.30. The lowest BCUT2D eigenvalue weighted by Crippen LogP contribution is -2.17. The Morgan fingerprint density at radius 2 is 2.21 bits per heavy atom. The van der Waals surface area contributed by atoms with Gasteiger partial charge in [-0.3, -0.25) is 0 Å². The second-order valence-electron chi connectivity index (χ2n) is 3.49. The molecule has 8 heteroatoms. The highest BCUT2D eigenvalue weighted by Crippen LogP contribution is 2.18. The molecule has 19 heavy (non-hydrogen) atoms. The van der Waals surface area contributed by atoms with Crippen molar-refractivity contribution in [2.45, 2.75) is 13.5 Å². The Hall–Kier alpha value is -2.22. The Bertz CT molecular complexity index is 577. The molecule has 0 aliphatic heterocycles. The van der Waals surface area contributed by atoms with Gasteiger partial charge in [-0.25, -0.2) is 4.79 Å². The van der Waals surface area contributed by atoms with E-state index in [1.165, 1.54) is 16.1 Å². The summed E-state index contributed by atoms with van der Waals surface area (Å²) in [4.78, 5) is 14.6. The van der Waals surface area contributed by atoms with Crippen molar-refractivity contribution >= 4 is 23.0 Å². The second kappa shape index (κ2) is 6.10. The van der Waals surface area contributed by atoms with Gasteiger partial charge in [0.25, 0.3) is 0 Å². The van der Waals surface area contributed by atoms with Crippen LogP contribution >= 0.6 is 11.3 Å². The highest BCUT2D eigenvalue weighted by molar-refractivity contribution is 7.14. The van der Waals surface area contributed by atoms with Gasteiger partial charge >= 0.3 is 5.97 Å². The third kappa shape index (κ3) is 3.16. The van der Waals surface area contributed by atoms with Crippen LogP contribution in [0.25, 0.3) is 0 Å². The molecule has 1 N–H and O–H groups in total. The molecule has 0 amide bonds. The molecule has 0 aliphatic rings. The maximum atomic E-state index is 11.6. The smallest absolute Gasteiger partial charge is 0.361 e. The number of carbonyl (C=O) groups is 1. The molecule has 0 saturated carbocycles. The van der Waals surface area contributed by atoms with Crippen molar-refractivity contribution in [3.8, 4) is 0 Å². The minimum atomic E-state index is -0.643. The van der Waals surface area contributed by atoms with Crippen molar-refractivity contribution < 1.29 is 14.7 Å². The molecule has 0 saturated heterocycles. The molecule has 2 aromatic heterocycles. The van der Waals surface area contributed by atoms with Crippen LogP contribution in [0.3, 0.4) is 0 Å². The molecule has 0 radical (unpaired) electrons. The molecule has 0 spiro atoms. The van der Waals surface area contributed by atoms with E-state index in [-0.39, 0.29) is 12.3 Å². The van der Waals surface area contributed by atoms with Crippen molar-refractivity contribution in [1.29, 1.82) is 0 Å². The Kier molecular flexibility index (Phi) is 4.24. The molecule has 7 nitrogen and oxygen atoms in total. The summed E-state index contributed by atoms with van der Waals surface area (Å²) < 4.78 is 4.81. The number of ether oxygens (including phenoxy) is 1. The average Bonchev–Trinajstić information content (AvgIpc) is 3.03. The van der Waals surface area contributed by atoms with E-state index in [0.29, 0.717) is 11.4 Å². The van der Waals surface area contributed by atoms with Gasteiger partial charge in [0.15, 0.2) is 0 Å². The zero-order valence-electron chi connectivity index (χ0n) is 10.2. The standard InChI is InChI=1S/C11H12N4O3S/c1-2-18-11(16)10(14-17)9-4-3-8(19-9)7-15-12-5-6-13-15/h3-6,17H,2,7H2,1H3/b14-10-. The highest BCUT2D eigenvalue weighted by atomic mass is 32.1. The van der Waals surface area contributed by atoms with E-state index in [2.05, 4.69) is 15.4 Å². The van der Waals surface area contributed by atoms with Crippen molar-refractivity contribution in [1.82, 2.24) is 15.0 Å². The first kappa shape index (κ1) is 13.2. The van der Waals surface area contributed by atoms with Gasteiger partial charge in [-0.1, -0.05) is 5.16 Å². The molecule has 0 bridgehead atoms. The van der Waals surface area contributed by atoms with E-state index in [1.807, 2.05) is 6.07 Å². The summed E-state index contributed by atoms with van der Waals surface area (Å²) in [7, 11) is 0. The van der Waals surface area contributed by atoms with Crippen LogP contribution in [0.1, 0.15) is 16.7 Å². The van der Waals surface area contributed by atoms with Crippen LogP contribution in [-0.4, -0.2) is 38.5 Å². The fourth-order valence-corrected chi connectivity index (χ4v) is 2.40. The normalized spacial score (nSPS) is 11.5. The molecular weight excluding hydrogens is 268 g/mol. The van der Waals surface area contributed by atoms with Crippen LogP contribution in [0.2, 0.25) is 0 Å². The number of esters is 1. The maximum Gasteiger partial charge on any atom is 0.361 e. The minimum Gasteiger partial charge on any atom is -0.461 e. The number of carbonyl (C=O) groups excluding carboxylic acids is 1. The number of nitrogens with zero attached hydrogens (tertiary/aromatic N) is 4. The van der Waals surface area contributed by atoms with Crippen LogP contribution in [0.5, 0.6) is 0 Å². The van der Waals surface area contributed by atoms with Gasteiger partial charge in [0.2, 0.25) is 5.71 Å². The first-order chi connectivity index (χ1) is 9.24. The van der Waals surface area contributed by atoms with E-state index < -0.39 is 5.97 Å². The number of aromatic nitrogens is 3. The van der Waals surface area contributed by atoms with E-state index in [4.69, 9.17) is 9.94 Å². The number of thiophene rings is 1. The van der Waals surface area contributed by atoms with E-state index in [1.54, 1.807) is 25.4 Å². The van der Waals surface area contributed by atoms with Gasteiger partial charge in [0.05, 0.1) is 30.4 Å². The summed E-state index contributed by atoms with van der Waals surface area (Å²) in [5, 5.41) is 19.9. The number of oxime groups is 1. The van der Waals surface area contributed by atoms with Gasteiger partial charge in [-0.05, 0) is 19.1 Å². The lowest BCUT2D eigenvalue weighted by molar-refractivity contribution is -0.135. The predicted octanol–water partition coefficient (Wildman–Crippen LogP) is 1.13. The Balaban J connectivity index is 2.13. The Morgan fingerprint density at radius 1 is 1.47 bits per heavy atom. The number of hydrogen-bond acceptors (Lipinski definition) is 7. The summed E-state index contributed by atoms with van der Waals surface area (Å²) in [6, 6.07) is 3.53. The van der Waals surface area contributed by atoms with Crippen LogP contribution < -0.4 is 0 Å². The zero-order valence-corrected chi connectivity index (χ0v) is 11.0. The first-order valence-corrected chi connectivity index (χ1v) is 6.38. The molecule has 100 valence electrons. The Labute approximate surface area is 113 Å². The van der Waals surface area contributed by atoms with Crippen LogP contribution in [0, 0.1) is 0 Å². The Morgan fingerprint density at radius 3 is 2.84 bits per heavy atom. The van der Waals surface area contributed by atoms with E-state index in [0.717, 1.165) is 4.88 Å². The largest absolute Gasteiger partial charge is 0.461 e. The molecule has 0 fully saturated rings. The van der Waals surface area contributed by atoms with Gasteiger partial charge in [0.1, 0.15) is 0 Å². The average molecular weight is 280 g/mol. The lowest BCUT2D eigenvalue weighted by atomic mass is 10.3. The molecule has 0 atom stereocenters. The first-order valence-electron chi connectivity index (χ1n) is 5.57. The molecular formula is C11H12N4O3S. The highest BCUT2D eigenvalue weighted by Gasteiger charge is 2.18. The van der Waals surface area contributed by atoms with Crippen molar-refractivity contribution in [3.63, 3.8) is 0 Å². The van der Waals surface area contributed by atoms with Crippen LogP contribution in [-0.2, 0) is 16.1 Å². The summed E-state index contributed by atoms with van der Waals surface area (Å²) in [5.41, 5.74) is -0.0912. The summed E-state index contributed by atoms with van der Waals surface area (Å²) in [5.74, 6) is -0.643. The number of hydrogen-bond donors (Lipinski definition) is 1. The second-order valence-corrected chi connectivity index (χ2v) is 4.66. The van der Waals surface area contributed by atoms with Crippen LogP contribution in [0.4, 0.5) is 0 Å². The molecule has 2 rings (SSSR count). The topological polar surface area (TPSA) is 89.6 Å². The third-order valence-electron chi connectivity index (χ3n) is 2.23. The number of rotatable bonds is 5. The fourth-order valence-electron chi connectivity index (χ4n) is 1.44. The predicted molar refractivity (Wildman–Crippen MR) is 68.4 cm³/mol. The SMILES string of the molecule is CCOC(=O)/C(=N\O)c1ccc(Cn2nccn2)s1. The molecule has 0 unspecified atom stereocenters. The van der Waals surface area contributed by atoms with Crippen molar-refractivity contribution in [3.05, 3.63) is 34.3 Å². The van der Waals surface area contributed by atoms with Crippen LogP contribution in [0.15, 0.2) is 29.7 Å². The van der Waals surface area contributed by atoms with E-state index in [9.17, 15) is 4.79 Å².